The molecule has 1 amide bonds. The molecule has 6 nitrogen and oxygen atoms in total. The second-order valence-corrected chi connectivity index (χ2v) is 7.97. The van der Waals surface area contributed by atoms with E-state index in [1.807, 2.05) is 45.0 Å². The number of amides is 1. The van der Waals surface area contributed by atoms with Gasteiger partial charge in [-0.15, -0.1) is 0 Å². The molecule has 0 aliphatic heterocycles. The van der Waals surface area contributed by atoms with Crippen molar-refractivity contribution in [2.75, 3.05) is 44.3 Å². The van der Waals surface area contributed by atoms with Crippen molar-refractivity contribution in [2.24, 2.45) is 0 Å². The van der Waals surface area contributed by atoms with Crippen LogP contribution in [0.1, 0.15) is 17.5 Å². The summed E-state index contributed by atoms with van der Waals surface area (Å²) in [4.78, 5) is 14.1. The van der Waals surface area contributed by atoms with Gasteiger partial charge < -0.3 is 10.2 Å². The van der Waals surface area contributed by atoms with Crippen molar-refractivity contribution >= 4 is 21.6 Å². The summed E-state index contributed by atoms with van der Waals surface area (Å²) >= 11 is 0. The molecular formula is C16H27N3O3S. The first-order chi connectivity index (χ1) is 10.6. The van der Waals surface area contributed by atoms with Crippen LogP contribution in [0.15, 0.2) is 18.2 Å². The minimum atomic E-state index is -3.53. The zero-order chi connectivity index (χ0) is 17.6. The summed E-state index contributed by atoms with van der Waals surface area (Å²) in [6.07, 6.45) is 1.94. The predicted octanol–water partition coefficient (Wildman–Crippen LogP) is 1.14. The molecule has 1 aromatic rings. The highest BCUT2D eigenvalue weighted by Gasteiger charge is 2.22. The Kier molecular flexibility index (Phi) is 7.02. The summed E-state index contributed by atoms with van der Waals surface area (Å²) in [7, 11) is 0.400. The summed E-state index contributed by atoms with van der Waals surface area (Å²) in [5.41, 5.74) is 2.32. The molecule has 0 saturated heterocycles. The molecule has 0 unspecified atom stereocenters. The lowest BCUT2D eigenvalue weighted by Crippen LogP contribution is -2.41. The zero-order valence-corrected chi connectivity index (χ0v) is 15.4. The maximum absolute atomic E-state index is 12.1. The molecule has 0 atom stereocenters. The fraction of sp³-hybridized carbons (Fsp3) is 0.562. The van der Waals surface area contributed by atoms with E-state index in [2.05, 4.69) is 5.32 Å². The number of anilines is 1. The molecule has 1 N–H and O–H groups in total. The van der Waals surface area contributed by atoms with E-state index in [1.54, 1.807) is 6.07 Å². The molecule has 1 aromatic carbocycles. The molecule has 0 fully saturated rings. The Morgan fingerprint density at radius 1 is 1.22 bits per heavy atom. The molecule has 0 heterocycles. The van der Waals surface area contributed by atoms with E-state index in [0.29, 0.717) is 12.2 Å². The average molecular weight is 341 g/mol. The highest BCUT2D eigenvalue weighted by molar-refractivity contribution is 7.92. The maximum atomic E-state index is 12.1. The number of sulfonamides is 1. The molecule has 0 spiro atoms. The topological polar surface area (TPSA) is 69.7 Å². The summed E-state index contributed by atoms with van der Waals surface area (Å²) < 4.78 is 25.3. The largest absolute Gasteiger partial charge is 0.354 e. The first-order valence-corrected chi connectivity index (χ1v) is 9.42. The number of aryl methyl sites for hydroxylation is 2. The highest BCUT2D eigenvalue weighted by atomic mass is 32.2. The normalized spacial score (nSPS) is 11.6. The second kappa shape index (κ2) is 8.31. The van der Waals surface area contributed by atoms with E-state index in [-0.39, 0.29) is 12.5 Å². The molecule has 0 aromatic heterocycles. The molecular weight excluding hydrogens is 314 g/mol. The Labute approximate surface area is 139 Å². The summed E-state index contributed by atoms with van der Waals surface area (Å²) in [5, 5.41) is 2.77. The van der Waals surface area contributed by atoms with Gasteiger partial charge in [-0.25, -0.2) is 8.42 Å². The van der Waals surface area contributed by atoms with Crippen LogP contribution in [0.3, 0.4) is 0 Å². The Balaban J connectivity index is 2.81. The van der Waals surface area contributed by atoms with Gasteiger partial charge in [-0.1, -0.05) is 12.1 Å². The molecule has 130 valence electrons. The lowest BCUT2D eigenvalue weighted by molar-refractivity contribution is -0.119. The number of benzene rings is 1. The average Bonchev–Trinajstić information content (AvgIpc) is 2.42. The van der Waals surface area contributed by atoms with Crippen LogP contribution < -0.4 is 9.62 Å². The summed E-state index contributed by atoms with van der Waals surface area (Å²) in [5.74, 6) is -0.296. The van der Waals surface area contributed by atoms with Crippen LogP contribution >= 0.6 is 0 Å². The third-order valence-corrected chi connectivity index (χ3v) is 4.55. The third-order valence-electron chi connectivity index (χ3n) is 3.43. The molecule has 0 radical (unpaired) electrons. The Morgan fingerprint density at radius 2 is 1.87 bits per heavy atom. The first kappa shape index (κ1) is 19.4. The first-order valence-electron chi connectivity index (χ1n) is 7.57. The Bertz CT molecular complexity index is 642. The number of rotatable bonds is 8. The molecule has 23 heavy (non-hydrogen) atoms. The fourth-order valence-corrected chi connectivity index (χ4v) is 3.08. The quantitative estimate of drug-likeness (QED) is 0.720. The van der Waals surface area contributed by atoms with Gasteiger partial charge in [0.25, 0.3) is 0 Å². The van der Waals surface area contributed by atoms with Gasteiger partial charge in [0, 0.05) is 6.54 Å². The minimum Gasteiger partial charge on any atom is -0.354 e. The van der Waals surface area contributed by atoms with Gasteiger partial charge >= 0.3 is 0 Å². The van der Waals surface area contributed by atoms with Gasteiger partial charge in [-0.05, 0) is 58.1 Å². The molecule has 0 bridgehead atoms. The molecule has 0 aliphatic rings. The second-order valence-electron chi connectivity index (χ2n) is 6.07. The van der Waals surface area contributed by atoms with E-state index in [9.17, 15) is 13.2 Å². The van der Waals surface area contributed by atoms with Crippen LogP contribution in [0.4, 0.5) is 5.69 Å². The SMILES string of the molecule is Cc1ccc(C)c(N(CC(=O)NCCCN(C)C)S(C)(=O)=O)c1. The van der Waals surface area contributed by atoms with E-state index < -0.39 is 10.0 Å². The van der Waals surface area contributed by atoms with Gasteiger partial charge in [-0.2, -0.15) is 0 Å². The molecule has 7 heteroatoms. The lowest BCUT2D eigenvalue weighted by Gasteiger charge is -2.24. The van der Waals surface area contributed by atoms with Gasteiger partial charge in [0.15, 0.2) is 0 Å². The number of carbonyl (C=O) groups is 1. The van der Waals surface area contributed by atoms with Crippen LogP contribution in [-0.4, -0.2) is 59.2 Å². The van der Waals surface area contributed by atoms with Crippen LogP contribution in [-0.2, 0) is 14.8 Å². The van der Waals surface area contributed by atoms with Crippen LogP contribution in [0.5, 0.6) is 0 Å². The van der Waals surface area contributed by atoms with Crippen LogP contribution in [0.2, 0.25) is 0 Å². The van der Waals surface area contributed by atoms with Gasteiger partial charge in [0.05, 0.1) is 11.9 Å². The highest BCUT2D eigenvalue weighted by Crippen LogP contribution is 2.23. The number of nitrogens with one attached hydrogen (secondary N) is 1. The van der Waals surface area contributed by atoms with Crippen molar-refractivity contribution in [1.29, 1.82) is 0 Å². The van der Waals surface area contributed by atoms with E-state index in [0.717, 1.165) is 34.7 Å². The van der Waals surface area contributed by atoms with Crippen molar-refractivity contribution < 1.29 is 13.2 Å². The number of nitrogens with zero attached hydrogens (tertiary/aromatic N) is 2. The van der Waals surface area contributed by atoms with Crippen molar-refractivity contribution in [1.82, 2.24) is 10.2 Å². The summed E-state index contributed by atoms with van der Waals surface area (Å²) in [6.45, 7) is 4.92. The van der Waals surface area contributed by atoms with Gasteiger partial charge in [0.2, 0.25) is 15.9 Å². The minimum absolute atomic E-state index is 0.203. The monoisotopic (exact) mass is 341 g/mol. The number of hydrogen-bond acceptors (Lipinski definition) is 4. The standard InChI is InChI=1S/C16H27N3O3S/c1-13-7-8-14(2)15(11-13)19(23(5,21)22)12-16(20)17-9-6-10-18(3)4/h7-8,11H,6,9-10,12H2,1-5H3,(H,17,20). The molecule has 1 rings (SSSR count). The van der Waals surface area contributed by atoms with E-state index in [4.69, 9.17) is 0 Å². The van der Waals surface area contributed by atoms with Crippen LogP contribution in [0, 0.1) is 13.8 Å². The van der Waals surface area contributed by atoms with Crippen molar-refractivity contribution in [2.45, 2.75) is 20.3 Å². The van der Waals surface area contributed by atoms with E-state index >= 15 is 0 Å². The van der Waals surface area contributed by atoms with E-state index in [1.165, 1.54) is 0 Å². The summed E-state index contributed by atoms with van der Waals surface area (Å²) in [6, 6.07) is 5.56. The maximum Gasteiger partial charge on any atom is 0.240 e. The molecule has 0 saturated carbocycles. The van der Waals surface area contributed by atoms with Crippen molar-refractivity contribution in [3.8, 4) is 0 Å². The van der Waals surface area contributed by atoms with Gasteiger partial charge in [0.1, 0.15) is 6.54 Å². The smallest absolute Gasteiger partial charge is 0.240 e. The Morgan fingerprint density at radius 3 is 2.43 bits per heavy atom. The van der Waals surface area contributed by atoms with Crippen molar-refractivity contribution in [3.05, 3.63) is 29.3 Å². The zero-order valence-electron chi connectivity index (χ0n) is 14.6. The van der Waals surface area contributed by atoms with Crippen LogP contribution in [0.25, 0.3) is 0 Å². The Hall–Kier alpha value is -1.60. The number of carbonyl (C=O) groups excluding carboxylic acids is 1. The predicted molar refractivity (Wildman–Crippen MR) is 94.3 cm³/mol. The fourth-order valence-electron chi connectivity index (χ4n) is 2.18. The number of hydrogen-bond donors (Lipinski definition) is 1. The lowest BCUT2D eigenvalue weighted by atomic mass is 10.1. The van der Waals surface area contributed by atoms with Crippen molar-refractivity contribution in [3.63, 3.8) is 0 Å². The molecule has 0 aliphatic carbocycles. The van der Waals surface area contributed by atoms with Gasteiger partial charge in [-0.3, -0.25) is 9.10 Å². The third kappa shape index (κ3) is 6.58.